The summed E-state index contributed by atoms with van der Waals surface area (Å²) in [5, 5.41) is 8.21. The van der Waals surface area contributed by atoms with E-state index < -0.39 is 0 Å². The molecule has 96 valence electrons. The first kappa shape index (κ1) is 12.9. The molecule has 0 bridgehead atoms. The van der Waals surface area contributed by atoms with Gasteiger partial charge in [-0.2, -0.15) is 0 Å². The third-order valence-electron chi connectivity index (χ3n) is 2.34. The number of nitrogens with zero attached hydrogens (tertiary/aromatic N) is 2. The Labute approximate surface area is 110 Å². The molecular weight excluding hydrogens is 254 g/mol. The number of hydrogen-bond donors (Lipinski definition) is 1. The summed E-state index contributed by atoms with van der Waals surface area (Å²) in [6.45, 7) is 2.65. The highest BCUT2D eigenvalue weighted by atomic mass is 35.5. The number of ether oxygens (including phenoxy) is 1. The molecule has 1 aromatic carbocycles. The molecule has 0 saturated carbocycles. The Balaban J connectivity index is 1.90. The monoisotopic (exact) mass is 267 g/mol. The Morgan fingerprint density at radius 3 is 2.83 bits per heavy atom. The normalized spacial score (nSPS) is 10.6. The van der Waals surface area contributed by atoms with Crippen LogP contribution in [-0.4, -0.2) is 16.8 Å². The van der Waals surface area contributed by atoms with Gasteiger partial charge in [-0.05, 0) is 24.6 Å². The summed E-state index contributed by atoms with van der Waals surface area (Å²) in [5.74, 6) is 1.60. The van der Waals surface area contributed by atoms with Crippen LogP contribution in [0.1, 0.15) is 17.3 Å². The summed E-state index contributed by atoms with van der Waals surface area (Å²) < 4.78 is 10.8. The van der Waals surface area contributed by atoms with Gasteiger partial charge >= 0.3 is 0 Å². The quantitative estimate of drug-likeness (QED) is 0.898. The van der Waals surface area contributed by atoms with Crippen LogP contribution in [0.4, 0.5) is 0 Å². The van der Waals surface area contributed by atoms with Gasteiger partial charge in [-0.25, -0.2) is 0 Å². The zero-order valence-corrected chi connectivity index (χ0v) is 10.8. The molecule has 0 radical (unpaired) electrons. The molecule has 1 aromatic heterocycles. The number of aryl methyl sites for hydroxylation is 1. The molecule has 6 heteroatoms. The van der Waals surface area contributed by atoms with Gasteiger partial charge in [0.05, 0.1) is 24.6 Å². The second kappa shape index (κ2) is 5.84. The predicted octanol–water partition coefficient (Wildman–Crippen LogP) is 2.11. The molecule has 0 saturated heterocycles. The summed E-state index contributed by atoms with van der Waals surface area (Å²) >= 11 is 6.01. The first-order valence-corrected chi connectivity index (χ1v) is 5.97. The largest absolute Gasteiger partial charge is 0.491 e. The maximum Gasteiger partial charge on any atom is 0.230 e. The van der Waals surface area contributed by atoms with E-state index in [9.17, 15) is 0 Å². The van der Waals surface area contributed by atoms with Crippen molar-refractivity contribution >= 4 is 11.6 Å². The molecular formula is C12H14ClN3O2. The second-order valence-electron chi connectivity index (χ2n) is 3.83. The summed E-state index contributed by atoms with van der Waals surface area (Å²) in [6, 6.07) is 5.63. The van der Waals surface area contributed by atoms with E-state index >= 15 is 0 Å². The third kappa shape index (κ3) is 3.21. The van der Waals surface area contributed by atoms with Crippen molar-refractivity contribution in [1.29, 1.82) is 0 Å². The molecule has 0 atom stereocenters. The Kier molecular flexibility index (Phi) is 4.17. The Morgan fingerprint density at radius 1 is 1.33 bits per heavy atom. The average molecular weight is 268 g/mol. The van der Waals surface area contributed by atoms with Crippen molar-refractivity contribution in [3.05, 3.63) is 40.6 Å². The molecule has 2 rings (SSSR count). The molecule has 2 aromatic rings. The van der Waals surface area contributed by atoms with Crippen LogP contribution in [0.5, 0.6) is 5.75 Å². The SMILES string of the molecule is Cc1ccc(Cl)c(OCCc2nnc(CN)o2)c1. The maximum absolute atomic E-state index is 6.01. The Bertz CT molecular complexity index is 528. The average Bonchev–Trinajstić information content (AvgIpc) is 2.81. The van der Waals surface area contributed by atoms with E-state index in [1.807, 2.05) is 25.1 Å². The topological polar surface area (TPSA) is 74.2 Å². The molecule has 5 nitrogen and oxygen atoms in total. The van der Waals surface area contributed by atoms with Crippen molar-refractivity contribution in [2.45, 2.75) is 19.9 Å². The van der Waals surface area contributed by atoms with Crippen LogP contribution >= 0.6 is 11.6 Å². The Hall–Kier alpha value is -1.59. The number of rotatable bonds is 5. The van der Waals surface area contributed by atoms with Gasteiger partial charge in [0, 0.05) is 0 Å². The van der Waals surface area contributed by atoms with Gasteiger partial charge < -0.3 is 14.9 Å². The first-order valence-electron chi connectivity index (χ1n) is 5.59. The minimum Gasteiger partial charge on any atom is -0.491 e. The van der Waals surface area contributed by atoms with Crippen molar-refractivity contribution in [2.75, 3.05) is 6.61 Å². The van der Waals surface area contributed by atoms with Crippen LogP contribution in [0, 0.1) is 6.92 Å². The van der Waals surface area contributed by atoms with E-state index in [1.165, 1.54) is 0 Å². The zero-order chi connectivity index (χ0) is 13.0. The summed E-state index contributed by atoms with van der Waals surface area (Å²) in [4.78, 5) is 0. The van der Waals surface area contributed by atoms with E-state index in [0.29, 0.717) is 35.6 Å². The fourth-order valence-corrected chi connectivity index (χ4v) is 1.61. The van der Waals surface area contributed by atoms with E-state index in [1.54, 1.807) is 0 Å². The van der Waals surface area contributed by atoms with Gasteiger partial charge in [-0.15, -0.1) is 10.2 Å². The molecule has 1 heterocycles. The standard InChI is InChI=1S/C12H14ClN3O2/c1-8-2-3-9(13)10(6-8)17-5-4-11-15-16-12(7-14)18-11/h2-3,6H,4-5,7,14H2,1H3. The maximum atomic E-state index is 6.01. The van der Waals surface area contributed by atoms with Crippen LogP contribution in [0.25, 0.3) is 0 Å². The molecule has 0 unspecified atom stereocenters. The summed E-state index contributed by atoms with van der Waals surface area (Å²) in [7, 11) is 0. The lowest BCUT2D eigenvalue weighted by molar-refractivity contribution is 0.304. The van der Waals surface area contributed by atoms with Crippen LogP contribution in [-0.2, 0) is 13.0 Å². The molecule has 0 spiro atoms. The number of halogens is 1. The highest BCUT2D eigenvalue weighted by Crippen LogP contribution is 2.25. The van der Waals surface area contributed by atoms with Crippen LogP contribution in [0.3, 0.4) is 0 Å². The van der Waals surface area contributed by atoms with E-state index in [4.69, 9.17) is 26.5 Å². The molecule has 0 amide bonds. The molecule has 2 N–H and O–H groups in total. The van der Waals surface area contributed by atoms with Crippen molar-refractivity contribution in [2.24, 2.45) is 5.73 Å². The van der Waals surface area contributed by atoms with Gasteiger partial charge in [0.25, 0.3) is 0 Å². The van der Waals surface area contributed by atoms with Gasteiger partial charge in [0.1, 0.15) is 5.75 Å². The Morgan fingerprint density at radius 2 is 2.11 bits per heavy atom. The lowest BCUT2D eigenvalue weighted by atomic mass is 10.2. The molecule has 0 aliphatic carbocycles. The molecule has 0 fully saturated rings. The number of aromatic nitrogens is 2. The molecule has 0 aliphatic heterocycles. The van der Waals surface area contributed by atoms with Crippen LogP contribution in [0.15, 0.2) is 22.6 Å². The van der Waals surface area contributed by atoms with Crippen molar-refractivity contribution in [1.82, 2.24) is 10.2 Å². The summed E-state index contributed by atoms with van der Waals surface area (Å²) in [5.41, 5.74) is 6.47. The molecule has 18 heavy (non-hydrogen) atoms. The van der Waals surface area contributed by atoms with Gasteiger partial charge in [0.2, 0.25) is 11.8 Å². The molecule has 0 aliphatic rings. The third-order valence-corrected chi connectivity index (χ3v) is 2.66. The fourth-order valence-electron chi connectivity index (χ4n) is 1.44. The van der Waals surface area contributed by atoms with Gasteiger partial charge in [-0.3, -0.25) is 0 Å². The number of benzene rings is 1. The van der Waals surface area contributed by atoms with Crippen molar-refractivity contribution in [3.63, 3.8) is 0 Å². The predicted molar refractivity (Wildman–Crippen MR) is 67.6 cm³/mol. The fraction of sp³-hybridized carbons (Fsp3) is 0.333. The smallest absolute Gasteiger partial charge is 0.230 e. The number of nitrogens with two attached hydrogens (primary N) is 1. The summed E-state index contributed by atoms with van der Waals surface area (Å²) in [6.07, 6.45) is 0.525. The van der Waals surface area contributed by atoms with Gasteiger partial charge in [0.15, 0.2) is 0 Å². The van der Waals surface area contributed by atoms with E-state index in [2.05, 4.69) is 10.2 Å². The minimum absolute atomic E-state index is 0.248. The number of hydrogen-bond acceptors (Lipinski definition) is 5. The highest BCUT2D eigenvalue weighted by Gasteiger charge is 2.06. The first-order chi connectivity index (χ1) is 8.69. The minimum atomic E-state index is 0.248. The highest BCUT2D eigenvalue weighted by molar-refractivity contribution is 6.32. The second-order valence-corrected chi connectivity index (χ2v) is 4.23. The van der Waals surface area contributed by atoms with Gasteiger partial charge in [-0.1, -0.05) is 17.7 Å². The van der Waals surface area contributed by atoms with Crippen LogP contribution in [0.2, 0.25) is 5.02 Å². The lowest BCUT2D eigenvalue weighted by Crippen LogP contribution is -2.02. The lowest BCUT2D eigenvalue weighted by Gasteiger charge is -2.07. The van der Waals surface area contributed by atoms with Crippen molar-refractivity contribution in [3.8, 4) is 5.75 Å². The van der Waals surface area contributed by atoms with E-state index in [0.717, 1.165) is 5.56 Å². The zero-order valence-electron chi connectivity index (χ0n) is 10.0. The van der Waals surface area contributed by atoms with E-state index in [-0.39, 0.29) is 6.54 Å². The van der Waals surface area contributed by atoms with Crippen molar-refractivity contribution < 1.29 is 9.15 Å². The van der Waals surface area contributed by atoms with Crippen LogP contribution < -0.4 is 10.5 Å².